The van der Waals surface area contributed by atoms with E-state index in [4.69, 9.17) is 5.84 Å². The van der Waals surface area contributed by atoms with Gasteiger partial charge in [0.1, 0.15) is 6.04 Å². The zero-order valence-electron chi connectivity index (χ0n) is 13.0. The molecule has 1 amide bonds. The van der Waals surface area contributed by atoms with E-state index < -0.39 is 0 Å². The highest BCUT2D eigenvalue weighted by atomic mass is 16.2. The molecule has 1 aromatic rings. The fraction of sp³-hybridized carbons (Fsp3) is 0.562. The molecule has 0 aromatic heterocycles. The summed E-state index contributed by atoms with van der Waals surface area (Å²) in [5.41, 5.74) is 5.87. The molecule has 0 bridgehead atoms. The molecule has 0 spiro atoms. The summed E-state index contributed by atoms with van der Waals surface area (Å²) in [4.78, 5) is 14.2. The predicted octanol–water partition coefficient (Wildman–Crippen LogP) is 2.47. The van der Waals surface area contributed by atoms with E-state index in [1.807, 2.05) is 6.92 Å². The highest BCUT2D eigenvalue weighted by Crippen LogP contribution is 2.44. The number of nitrogens with one attached hydrogen (secondary N) is 1. The maximum atomic E-state index is 12.0. The Bertz CT molecular complexity index is 524. The summed E-state index contributed by atoms with van der Waals surface area (Å²) in [6.45, 7) is 10.6. The lowest BCUT2D eigenvalue weighted by atomic mass is 9.79. The molecular formula is C16H25N3O. The molecule has 1 heterocycles. The third kappa shape index (κ3) is 2.40. The van der Waals surface area contributed by atoms with Gasteiger partial charge in [-0.15, -0.1) is 0 Å². The number of nitrogens with zero attached hydrogens (tertiary/aromatic N) is 1. The van der Waals surface area contributed by atoms with E-state index in [0.29, 0.717) is 5.92 Å². The first-order valence-electron chi connectivity index (χ1n) is 7.18. The van der Waals surface area contributed by atoms with Crippen molar-refractivity contribution in [2.45, 2.75) is 58.5 Å². The number of hydrogen-bond acceptors (Lipinski definition) is 3. The summed E-state index contributed by atoms with van der Waals surface area (Å²) >= 11 is 0. The summed E-state index contributed by atoms with van der Waals surface area (Å²) in [6, 6.07) is 6.21. The minimum absolute atomic E-state index is 0.0772. The van der Waals surface area contributed by atoms with Crippen molar-refractivity contribution in [1.82, 2.24) is 5.43 Å². The molecule has 3 N–H and O–H groups in total. The predicted molar refractivity (Wildman–Crippen MR) is 82.6 cm³/mol. The van der Waals surface area contributed by atoms with Crippen LogP contribution in [0.25, 0.3) is 0 Å². The molecule has 110 valence electrons. The fourth-order valence-corrected chi connectivity index (χ4v) is 3.53. The number of aryl methyl sites for hydroxylation is 1. The van der Waals surface area contributed by atoms with E-state index in [1.165, 1.54) is 11.1 Å². The Labute approximate surface area is 121 Å². The first-order valence-corrected chi connectivity index (χ1v) is 7.18. The van der Waals surface area contributed by atoms with Gasteiger partial charge in [0.2, 0.25) is 0 Å². The Morgan fingerprint density at radius 1 is 1.50 bits per heavy atom. The molecule has 2 rings (SSSR count). The van der Waals surface area contributed by atoms with Crippen LogP contribution >= 0.6 is 0 Å². The van der Waals surface area contributed by atoms with Crippen molar-refractivity contribution in [2.75, 3.05) is 4.90 Å². The molecule has 0 radical (unpaired) electrons. The monoisotopic (exact) mass is 275 g/mol. The quantitative estimate of drug-likeness (QED) is 0.495. The highest BCUT2D eigenvalue weighted by molar-refractivity contribution is 5.85. The number of carbonyl (C=O) groups is 1. The smallest absolute Gasteiger partial charge is 0.256 e. The number of benzene rings is 1. The molecule has 1 aliphatic rings. The van der Waals surface area contributed by atoms with Crippen molar-refractivity contribution in [3.05, 3.63) is 29.3 Å². The molecule has 0 saturated carbocycles. The molecule has 4 heteroatoms. The van der Waals surface area contributed by atoms with Crippen LogP contribution in [0, 0.1) is 6.92 Å². The van der Waals surface area contributed by atoms with Gasteiger partial charge in [0.15, 0.2) is 0 Å². The maximum Gasteiger partial charge on any atom is 0.256 e. The SMILES string of the molecule is Cc1ccc2c(c1)N([C@@H](C)C(=O)NN)C(C)(C)C[C@@H]2C. The van der Waals surface area contributed by atoms with Gasteiger partial charge in [-0.25, -0.2) is 5.84 Å². The van der Waals surface area contributed by atoms with Crippen molar-refractivity contribution in [1.29, 1.82) is 0 Å². The fourth-order valence-electron chi connectivity index (χ4n) is 3.53. The summed E-state index contributed by atoms with van der Waals surface area (Å²) in [5, 5.41) is 0. The molecule has 0 saturated heterocycles. The largest absolute Gasteiger partial charge is 0.354 e. The van der Waals surface area contributed by atoms with E-state index >= 15 is 0 Å². The van der Waals surface area contributed by atoms with E-state index in [-0.39, 0.29) is 17.5 Å². The highest BCUT2D eigenvalue weighted by Gasteiger charge is 2.40. The molecule has 0 aliphatic carbocycles. The van der Waals surface area contributed by atoms with Gasteiger partial charge >= 0.3 is 0 Å². The lowest BCUT2D eigenvalue weighted by molar-refractivity contribution is -0.122. The molecule has 4 nitrogen and oxygen atoms in total. The van der Waals surface area contributed by atoms with Gasteiger partial charge in [-0.1, -0.05) is 19.1 Å². The van der Waals surface area contributed by atoms with Gasteiger partial charge in [-0.05, 0) is 57.2 Å². The number of nitrogens with two attached hydrogens (primary N) is 1. The Morgan fingerprint density at radius 3 is 2.75 bits per heavy atom. The minimum atomic E-state index is -0.289. The zero-order chi connectivity index (χ0) is 15.1. The number of anilines is 1. The van der Waals surface area contributed by atoms with E-state index in [1.54, 1.807) is 0 Å². The number of fused-ring (bicyclic) bond motifs is 1. The van der Waals surface area contributed by atoms with Crippen LogP contribution in [0.15, 0.2) is 18.2 Å². The second-order valence-corrected chi connectivity index (χ2v) is 6.53. The molecule has 0 unspecified atom stereocenters. The van der Waals surface area contributed by atoms with Crippen LogP contribution < -0.4 is 16.2 Å². The number of amides is 1. The standard InChI is InChI=1S/C16H25N3O/c1-10-6-7-13-11(2)9-16(4,5)19(14(13)8-10)12(3)15(20)18-17/h6-8,11-12H,9,17H2,1-5H3,(H,18,20)/t11-,12-/m0/s1. The zero-order valence-corrected chi connectivity index (χ0v) is 13.0. The second-order valence-electron chi connectivity index (χ2n) is 6.53. The van der Waals surface area contributed by atoms with Crippen molar-refractivity contribution in [2.24, 2.45) is 5.84 Å². The van der Waals surface area contributed by atoms with E-state index in [9.17, 15) is 4.79 Å². The molecular weight excluding hydrogens is 250 g/mol. The minimum Gasteiger partial charge on any atom is -0.354 e. The van der Waals surface area contributed by atoms with Gasteiger partial charge in [0, 0.05) is 11.2 Å². The Balaban J connectivity index is 2.56. The van der Waals surface area contributed by atoms with Gasteiger partial charge < -0.3 is 4.90 Å². The molecule has 2 atom stereocenters. The van der Waals surface area contributed by atoms with Crippen molar-refractivity contribution >= 4 is 11.6 Å². The van der Waals surface area contributed by atoms with Crippen molar-refractivity contribution < 1.29 is 4.79 Å². The summed E-state index contributed by atoms with van der Waals surface area (Å²) in [6.07, 6.45) is 1.02. The third-order valence-electron chi connectivity index (χ3n) is 4.34. The first-order chi connectivity index (χ1) is 9.27. The Kier molecular flexibility index (Phi) is 3.78. The third-order valence-corrected chi connectivity index (χ3v) is 4.34. The first kappa shape index (κ1) is 14.9. The maximum absolute atomic E-state index is 12.0. The van der Waals surface area contributed by atoms with Crippen LogP contribution in [-0.4, -0.2) is 17.5 Å². The average molecular weight is 275 g/mol. The van der Waals surface area contributed by atoms with Crippen molar-refractivity contribution in [3.8, 4) is 0 Å². The molecule has 1 aromatic carbocycles. The number of hydrogen-bond donors (Lipinski definition) is 2. The van der Waals surface area contributed by atoms with Crippen molar-refractivity contribution in [3.63, 3.8) is 0 Å². The average Bonchev–Trinajstić information content (AvgIpc) is 2.35. The molecule has 1 aliphatic heterocycles. The molecule has 0 fully saturated rings. The van der Waals surface area contributed by atoms with Crippen LogP contribution in [0.4, 0.5) is 5.69 Å². The topological polar surface area (TPSA) is 58.4 Å². The van der Waals surface area contributed by atoms with Crippen LogP contribution in [0.5, 0.6) is 0 Å². The van der Waals surface area contributed by atoms with Crippen LogP contribution in [0.3, 0.4) is 0 Å². The molecule has 20 heavy (non-hydrogen) atoms. The van der Waals surface area contributed by atoms with Gasteiger partial charge in [0.05, 0.1) is 0 Å². The lowest BCUT2D eigenvalue weighted by Crippen LogP contribution is -2.58. The van der Waals surface area contributed by atoms with E-state index in [2.05, 4.69) is 56.2 Å². The summed E-state index contributed by atoms with van der Waals surface area (Å²) in [5.74, 6) is 5.66. The van der Waals surface area contributed by atoms with Gasteiger partial charge in [-0.2, -0.15) is 0 Å². The van der Waals surface area contributed by atoms with E-state index in [0.717, 1.165) is 12.1 Å². The summed E-state index contributed by atoms with van der Waals surface area (Å²) < 4.78 is 0. The van der Waals surface area contributed by atoms with Crippen LogP contribution in [0.2, 0.25) is 0 Å². The Morgan fingerprint density at radius 2 is 2.15 bits per heavy atom. The number of hydrazine groups is 1. The van der Waals surface area contributed by atoms with Crippen LogP contribution in [-0.2, 0) is 4.79 Å². The normalized spacial score (nSPS) is 22.1. The Hall–Kier alpha value is -1.55. The number of rotatable bonds is 2. The van der Waals surface area contributed by atoms with Gasteiger partial charge in [0.25, 0.3) is 5.91 Å². The number of carbonyl (C=O) groups excluding carboxylic acids is 1. The van der Waals surface area contributed by atoms with Gasteiger partial charge in [-0.3, -0.25) is 10.2 Å². The lowest BCUT2D eigenvalue weighted by Gasteiger charge is -2.50. The van der Waals surface area contributed by atoms with Crippen LogP contribution in [0.1, 0.15) is 51.2 Å². The second kappa shape index (κ2) is 5.09. The summed E-state index contributed by atoms with van der Waals surface area (Å²) in [7, 11) is 0.